The molecule has 1 aromatic carbocycles. The predicted molar refractivity (Wildman–Crippen MR) is 191 cm³/mol. The molecule has 4 aromatic heterocycles. The van der Waals surface area contributed by atoms with Crippen molar-refractivity contribution in [2.75, 3.05) is 24.6 Å². The van der Waals surface area contributed by atoms with Crippen molar-refractivity contribution in [3.63, 3.8) is 0 Å². The molecule has 1 saturated heterocycles. The molecule has 51 heavy (non-hydrogen) atoms. The maximum absolute atomic E-state index is 16.5. The fraction of sp³-hybridized carbons (Fsp3) is 0.459. The lowest BCUT2D eigenvalue weighted by Crippen LogP contribution is -2.59. The van der Waals surface area contributed by atoms with Crippen LogP contribution in [0.1, 0.15) is 78.5 Å². The number of fused-ring (bicyclic) bond motifs is 2. The molecule has 2 N–H and O–H groups in total. The van der Waals surface area contributed by atoms with E-state index in [2.05, 4.69) is 20.2 Å². The Balaban J connectivity index is 1.61. The van der Waals surface area contributed by atoms with Gasteiger partial charge < -0.3 is 19.6 Å². The number of aromatic nitrogens is 6. The lowest BCUT2D eigenvalue weighted by Gasteiger charge is -2.44. The van der Waals surface area contributed by atoms with Gasteiger partial charge in [0.05, 0.1) is 34.0 Å². The fourth-order valence-electron chi connectivity index (χ4n) is 6.74. The van der Waals surface area contributed by atoms with E-state index in [4.69, 9.17) is 9.72 Å². The zero-order valence-electron chi connectivity index (χ0n) is 30.0. The quantitative estimate of drug-likeness (QED) is 0.179. The summed E-state index contributed by atoms with van der Waals surface area (Å²) in [6.45, 7) is 13.7. The van der Waals surface area contributed by atoms with Crippen LogP contribution in [0.4, 0.5) is 19.4 Å². The molecular formula is C37H44F2N8O4. The Morgan fingerprint density at radius 2 is 1.84 bits per heavy atom. The van der Waals surface area contributed by atoms with Gasteiger partial charge in [-0.3, -0.25) is 10.1 Å². The van der Waals surface area contributed by atoms with Gasteiger partial charge in [-0.2, -0.15) is 10.1 Å². The third-order valence-electron chi connectivity index (χ3n) is 9.15. The number of unbranched alkanes of at least 4 members (excludes halogenated alkanes) is 1. The van der Waals surface area contributed by atoms with Crippen LogP contribution in [0.2, 0.25) is 0 Å². The minimum atomic E-state index is -0.816. The maximum Gasteiger partial charge on any atom is 0.410 e. The smallest absolute Gasteiger partial charge is 0.410 e. The van der Waals surface area contributed by atoms with Gasteiger partial charge in [0, 0.05) is 43.4 Å². The third-order valence-corrected chi connectivity index (χ3v) is 9.15. The van der Waals surface area contributed by atoms with Gasteiger partial charge in [0.2, 0.25) is 0 Å². The Bertz CT molecular complexity index is 2160. The second-order valence-electron chi connectivity index (χ2n) is 14.5. The van der Waals surface area contributed by atoms with Crippen molar-refractivity contribution in [2.45, 2.75) is 91.3 Å². The molecule has 0 aliphatic carbocycles. The zero-order chi connectivity index (χ0) is 36.8. The second-order valence-corrected chi connectivity index (χ2v) is 14.5. The molecule has 270 valence electrons. The summed E-state index contributed by atoms with van der Waals surface area (Å²) < 4.78 is 39.1. The van der Waals surface area contributed by atoms with E-state index in [1.165, 1.54) is 29.0 Å². The van der Waals surface area contributed by atoms with Crippen LogP contribution < -0.4 is 10.6 Å². The minimum absolute atomic E-state index is 0.0172. The first kappa shape index (κ1) is 35.8. The van der Waals surface area contributed by atoms with Gasteiger partial charge in [-0.25, -0.2) is 27.9 Å². The Labute approximate surface area is 294 Å². The number of aromatic amines is 1. The molecule has 1 fully saturated rings. The van der Waals surface area contributed by atoms with Crippen LogP contribution in [0.25, 0.3) is 38.9 Å². The van der Waals surface area contributed by atoms with Gasteiger partial charge >= 0.3 is 11.8 Å². The van der Waals surface area contributed by atoms with E-state index in [1.807, 2.05) is 38.7 Å². The highest BCUT2D eigenvalue weighted by Crippen LogP contribution is 2.37. The van der Waals surface area contributed by atoms with Crippen molar-refractivity contribution in [1.29, 1.82) is 0 Å². The number of amides is 1. The van der Waals surface area contributed by atoms with Gasteiger partial charge in [-0.1, -0.05) is 13.8 Å². The Morgan fingerprint density at radius 1 is 1.08 bits per heavy atom. The Hall–Kier alpha value is -4.98. The first-order valence-electron chi connectivity index (χ1n) is 17.3. The van der Waals surface area contributed by atoms with Crippen molar-refractivity contribution in [2.24, 2.45) is 0 Å². The number of anilines is 1. The Kier molecular flexibility index (Phi) is 9.82. The van der Waals surface area contributed by atoms with Crippen LogP contribution >= 0.6 is 0 Å². The second kappa shape index (κ2) is 14.0. The molecule has 1 amide bonds. The Morgan fingerprint density at radius 3 is 2.55 bits per heavy atom. The molecule has 1 aliphatic rings. The zero-order valence-corrected chi connectivity index (χ0v) is 30.0. The number of benzene rings is 1. The lowest BCUT2D eigenvalue weighted by molar-refractivity contribution is 0.0130. The number of aryl methyl sites for hydroxylation is 1. The lowest BCUT2D eigenvalue weighted by atomic mass is 10.00. The van der Waals surface area contributed by atoms with Crippen LogP contribution in [0.15, 0.2) is 41.5 Å². The van der Waals surface area contributed by atoms with Crippen LogP contribution in [0, 0.1) is 11.6 Å². The number of ether oxygens (including phenoxy) is 1. The van der Waals surface area contributed by atoms with Crippen LogP contribution in [-0.2, 0) is 11.2 Å². The summed E-state index contributed by atoms with van der Waals surface area (Å²) in [7, 11) is 0. The van der Waals surface area contributed by atoms with Crippen LogP contribution in [0.5, 0.6) is 0 Å². The van der Waals surface area contributed by atoms with E-state index in [0.717, 1.165) is 5.56 Å². The van der Waals surface area contributed by atoms with Crippen molar-refractivity contribution in [1.82, 2.24) is 34.6 Å². The summed E-state index contributed by atoms with van der Waals surface area (Å²) in [5, 5.41) is 17.1. The largest absolute Gasteiger partial charge is 0.444 e. The number of piperazine rings is 1. The van der Waals surface area contributed by atoms with E-state index < -0.39 is 29.0 Å². The maximum atomic E-state index is 16.5. The third kappa shape index (κ3) is 6.88. The topological polar surface area (TPSA) is 142 Å². The highest BCUT2D eigenvalue weighted by Gasteiger charge is 2.37. The minimum Gasteiger partial charge on any atom is -0.444 e. The normalized spacial score (nSPS) is 16.8. The van der Waals surface area contributed by atoms with E-state index in [1.54, 1.807) is 31.9 Å². The summed E-state index contributed by atoms with van der Waals surface area (Å²) in [4.78, 5) is 45.1. The van der Waals surface area contributed by atoms with E-state index in [-0.39, 0.29) is 71.3 Å². The number of carbonyl (C=O) groups excluding carboxylic acids is 1. The average molecular weight is 703 g/mol. The van der Waals surface area contributed by atoms with Gasteiger partial charge in [0.25, 0.3) is 0 Å². The summed E-state index contributed by atoms with van der Waals surface area (Å²) >= 11 is 0. The van der Waals surface area contributed by atoms with Gasteiger partial charge in [-0.05, 0) is 89.6 Å². The number of carbonyl (C=O) groups is 1. The first-order valence-corrected chi connectivity index (χ1v) is 17.3. The van der Waals surface area contributed by atoms with E-state index in [9.17, 15) is 14.7 Å². The molecule has 5 heterocycles. The summed E-state index contributed by atoms with van der Waals surface area (Å²) in [6, 6.07) is 5.14. The first-order chi connectivity index (χ1) is 24.2. The predicted octanol–water partition coefficient (Wildman–Crippen LogP) is 6.27. The molecule has 12 nitrogen and oxygen atoms in total. The molecule has 2 atom stereocenters. The standard InChI is InChI=1S/C37H44F2N8O4/c1-20(2)29-32(23(13-14-40-29)10-8-9-15-48)47-34-25(16-27(39)31(42-34)28-26(38)12-11-24-17-41-44-30(24)28)33(43-35(47)49)45-18-22(4)46(19-21(45)3)36(50)51-37(5,6)7/h11-14,16-17,20-22,48H,8-10,15,18-19H2,1-7H3,(H,41,44)/t21-,22+/m0/s1. The molecule has 5 aromatic rings. The molecule has 0 radical (unpaired) electrons. The number of aliphatic hydroxyl groups is 1. The molecule has 6 rings (SSSR count). The monoisotopic (exact) mass is 702 g/mol. The molecule has 0 saturated carbocycles. The summed E-state index contributed by atoms with van der Waals surface area (Å²) in [5.41, 5.74) is 0.430. The van der Waals surface area contributed by atoms with Crippen molar-refractivity contribution < 1.29 is 23.4 Å². The van der Waals surface area contributed by atoms with E-state index in [0.29, 0.717) is 36.0 Å². The van der Waals surface area contributed by atoms with Crippen LogP contribution in [0.3, 0.4) is 0 Å². The number of nitrogens with one attached hydrogen (secondary N) is 1. The van der Waals surface area contributed by atoms with Crippen molar-refractivity contribution in [3.05, 3.63) is 70.0 Å². The summed E-state index contributed by atoms with van der Waals surface area (Å²) in [5.74, 6) is -1.46. The molecule has 0 unspecified atom stereocenters. The number of hydrogen-bond donors (Lipinski definition) is 2. The number of pyridine rings is 2. The highest BCUT2D eigenvalue weighted by atomic mass is 19.1. The SMILES string of the molecule is CC(C)c1nccc(CCCCO)c1-n1c(=O)nc(N2C[C@@H](C)N(C(=O)OC(C)(C)C)C[C@@H]2C)c2cc(F)c(-c3c(F)ccc4cn[nH]c34)nc21. The van der Waals surface area contributed by atoms with Gasteiger partial charge in [-0.15, -0.1) is 0 Å². The van der Waals surface area contributed by atoms with Crippen LogP contribution in [-0.4, -0.2) is 83.2 Å². The van der Waals surface area contributed by atoms with E-state index >= 15 is 8.78 Å². The molecule has 0 spiro atoms. The molecular weight excluding hydrogens is 658 g/mol. The average Bonchev–Trinajstić information content (AvgIpc) is 3.54. The number of H-pyrrole nitrogens is 1. The number of hydrogen-bond acceptors (Lipinski definition) is 9. The van der Waals surface area contributed by atoms with Gasteiger partial charge in [0.15, 0.2) is 11.5 Å². The number of halogens is 2. The number of aliphatic hydroxyl groups excluding tert-OH is 1. The van der Waals surface area contributed by atoms with Gasteiger partial charge in [0.1, 0.15) is 22.9 Å². The number of rotatable bonds is 8. The van der Waals surface area contributed by atoms with Crippen molar-refractivity contribution in [3.8, 4) is 16.9 Å². The molecule has 0 bridgehead atoms. The molecule has 1 aliphatic heterocycles. The fourth-order valence-corrected chi connectivity index (χ4v) is 6.74. The van der Waals surface area contributed by atoms with Crippen molar-refractivity contribution >= 4 is 33.8 Å². The highest BCUT2D eigenvalue weighted by molar-refractivity contribution is 5.96. The summed E-state index contributed by atoms with van der Waals surface area (Å²) in [6.07, 6.45) is 4.46. The number of nitrogens with zero attached hydrogens (tertiary/aromatic N) is 7. The molecule has 14 heteroatoms.